The predicted octanol–water partition coefficient (Wildman–Crippen LogP) is 2.00. The van der Waals surface area contributed by atoms with Crippen molar-refractivity contribution >= 4 is 5.91 Å². The van der Waals surface area contributed by atoms with E-state index >= 15 is 0 Å². The fourth-order valence-electron chi connectivity index (χ4n) is 4.05. The highest BCUT2D eigenvalue weighted by atomic mass is 19.1. The van der Waals surface area contributed by atoms with Crippen LogP contribution in [0.3, 0.4) is 0 Å². The number of methoxy groups -OCH3 is 1. The zero-order valence-electron chi connectivity index (χ0n) is 12.8. The predicted molar refractivity (Wildman–Crippen MR) is 81.5 cm³/mol. The monoisotopic (exact) mass is 306 g/mol. The van der Waals surface area contributed by atoms with Gasteiger partial charge < -0.3 is 15.8 Å². The van der Waals surface area contributed by atoms with Gasteiger partial charge in [-0.1, -0.05) is 12.1 Å². The molecule has 0 saturated heterocycles. The van der Waals surface area contributed by atoms with Crippen molar-refractivity contribution in [3.05, 3.63) is 35.6 Å². The van der Waals surface area contributed by atoms with Crippen molar-refractivity contribution < 1.29 is 13.9 Å². The van der Waals surface area contributed by atoms with Gasteiger partial charge in [0.2, 0.25) is 5.91 Å². The van der Waals surface area contributed by atoms with Gasteiger partial charge in [-0.3, -0.25) is 4.79 Å². The highest BCUT2D eigenvalue weighted by Crippen LogP contribution is 2.47. The molecule has 5 unspecified atom stereocenters. The Morgan fingerprint density at radius 3 is 2.64 bits per heavy atom. The Labute approximate surface area is 130 Å². The van der Waals surface area contributed by atoms with Crippen LogP contribution >= 0.6 is 0 Å². The van der Waals surface area contributed by atoms with Gasteiger partial charge in [0.1, 0.15) is 5.82 Å². The Kier molecular flexibility index (Phi) is 4.45. The van der Waals surface area contributed by atoms with Crippen molar-refractivity contribution in [1.29, 1.82) is 0 Å². The summed E-state index contributed by atoms with van der Waals surface area (Å²) in [6, 6.07) is 6.15. The summed E-state index contributed by atoms with van der Waals surface area (Å²) in [5.41, 5.74) is 7.05. The van der Waals surface area contributed by atoms with Crippen LogP contribution in [-0.2, 0) is 9.53 Å². The van der Waals surface area contributed by atoms with Gasteiger partial charge in [-0.15, -0.1) is 0 Å². The summed E-state index contributed by atoms with van der Waals surface area (Å²) >= 11 is 0. The molecular formula is C17H23FN2O2. The molecule has 0 aromatic heterocycles. The third-order valence-corrected chi connectivity index (χ3v) is 5.27. The number of halogens is 1. The number of nitrogens with two attached hydrogens (primary N) is 1. The minimum Gasteiger partial charge on any atom is -0.375 e. The van der Waals surface area contributed by atoms with E-state index in [0.29, 0.717) is 18.4 Å². The summed E-state index contributed by atoms with van der Waals surface area (Å²) in [7, 11) is 1.59. The molecule has 0 heterocycles. The van der Waals surface area contributed by atoms with Gasteiger partial charge in [-0.05, 0) is 48.8 Å². The zero-order chi connectivity index (χ0) is 15.7. The van der Waals surface area contributed by atoms with E-state index in [-0.39, 0.29) is 29.8 Å². The molecule has 120 valence electrons. The molecule has 22 heavy (non-hydrogen) atoms. The number of amides is 1. The summed E-state index contributed by atoms with van der Waals surface area (Å²) in [5, 5.41) is 2.97. The van der Waals surface area contributed by atoms with Crippen LogP contribution in [0.15, 0.2) is 24.3 Å². The molecule has 4 nitrogen and oxygen atoms in total. The largest absolute Gasteiger partial charge is 0.375 e. The molecule has 5 heteroatoms. The Morgan fingerprint density at radius 1 is 1.36 bits per heavy atom. The van der Waals surface area contributed by atoms with Gasteiger partial charge in [-0.2, -0.15) is 0 Å². The summed E-state index contributed by atoms with van der Waals surface area (Å²) in [6.07, 6.45) is 3.08. The first-order valence-electron chi connectivity index (χ1n) is 7.91. The van der Waals surface area contributed by atoms with Crippen LogP contribution in [0.1, 0.15) is 30.9 Å². The maximum Gasteiger partial charge on any atom is 0.225 e. The highest BCUT2D eigenvalue weighted by molar-refractivity contribution is 5.80. The second-order valence-corrected chi connectivity index (χ2v) is 6.46. The molecule has 3 N–H and O–H groups in total. The number of hydrogen-bond donors (Lipinski definition) is 2. The Balaban J connectivity index is 1.59. The first kappa shape index (κ1) is 15.4. The number of fused-ring (bicyclic) bond motifs is 2. The van der Waals surface area contributed by atoms with Gasteiger partial charge in [0.05, 0.1) is 12.0 Å². The lowest BCUT2D eigenvalue weighted by molar-refractivity contribution is -0.127. The fourth-order valence-corrected chi connectivity index (χ4v) is 4.05. The molecule has 1 aromatic rings. The van der Waals surface area contributed by atoms with Gasteiger partial charge >= 0.3 is 0 Å². The first-order valence-corrected chi connectivity index (χ1v) is 7.91. The van der Waals surface area contributed by atoms with E-state index in [1.54, 1.807) is 19.2 Å². The van der Waals surface area contributed by atoms with Crippen LogP contribution in [0.5, 0.6) is 0 Å². The van der Waals surface area contributed by atoms with Crippen LogP contribution in [0, 0.1) is 23.6 Å². The Morgan fingerprint density at radius 2 is 2.05 bits per heavy atom. The normalized spacial score (nSPS) is 31.2. The topological polar surface area (TPSA) is 64.3 Å². The Bertz CT molecular complexity index is 532. The van der Waals surface area contributed by atoms with Crippen molar-refractivity contribution in [1.82, 2.24) is 5.32 Å². The lowest BCUT2D eigenvalue weighted by atomic mass is 9.84. The quantitative estimate of drug-likeness (QED) is 0.874. The number of hydrogen-bond acceptors (Lipinski definition) is 3. The van der Waals surface area contributed by atoms with Crippen LogP contribution in [-0.4, -0.2) is 25.6 Å². The molecule has 2 saturated carbocycles. The maximum atomic E-state index is 13.0. The van der Waals surface area contributed by atoms with Crippen molar-refractivity contribution in [3.63, 3.8) is 0 Å². The number of carbonyl (C=O) groups excluding carboxylic acids is 1. The van der Waals surface area contributed by atoms with E-state index in [1.807, 2.05) is 0 Å². The third-order valence-electron chi connectivity index (χ3n) is 5.27. The van der Waals surface area contributed by atoms with Gasteiger partial charge in [-0.25, -0.2) is 4.39 Å². The second kappa shape index (κ2) is 6.34. The fraction of sp³-hybridized carbons (Fsp3) is 0.588. The molecular weight excluding hydrogens is 283 g/mol. The lowest BCUT2D eigenvalue weighted by Crippen LogP contribution is -2.46. The zero-order valence-corrected chi connectivity index (χ0v) is 12.8. The van der Waals surface area contributed by atoms with Gasteiger partial charge in [0, 0.05) is 19.7 Å². The van der Waals surface area contributed by atoms with Crippen LogP contribution in [0.25, 0.3) is 0 Å². The summed E-state index contributed by atoms with van der Waals surface area (Å²) in [6.45, 7) is 0.377. The van der Waals surface area contributed by atoms with Crippen LogP contribution in [0.4, 0.5) is 4.39 Å². The van der Waals surface area contributed by atoms with Crippen molar-refractivity contribution in [2.75, 3.05) is 13.7 Å². The molecule has 0 spiro atoms. The Hall–Kier alpha value is -1.46. The molecule has 2 aliphatic carbocycles. The van der Waals surface area contributed by atoms with Crippen LogP contribution < -0.4 is 11.1 Å². The van der Waals surface area contributed by atoms with Crippen LogP contribution in [0.2, 0.25) is 0 Å². The number of carbonyl (C=O) groups is 1. The summed E-state index contributed by atoms with van der Waals surface area (Å²) in [5.74, 6) is 0.631. The molecule has 0 radical (unpaired) electrons. The summed E-state index contributed by atoms with van der Waals surface area (Å²) < 4.78 is 18.4. The minimum absolute atomic E-state index is 0.00874. The molecule has 5 atom stereocenters. The summed E-state index contributed by atoms with van der Waals surface area (Å²) in [4.78, 5) is 12.4. The molecule has 2 bridgehead atoms. The molecule has 2 fully saturated rings. The molecule has 3 rings (SSSR count). The van der Waals surface area contributed by atoms with Gasteiger partial charge in [0.25, 0.3) is 0 Å². The van der Waals surface area contributed by atoms with Crippen molar-refractivity contribution in [3.8, 4) is 0 Å². The standard InChI is InChI=1S/C17H23FN2O2/c1-22-14(10-4-6-13(18)7-5-10)9-20-17(21)15-11-2-3-12(8-11)16(15)19/h4-7,11-12,14-16H,2-3,8-9,19H2,1H3,(H,20,21). The second-order valence-electron chi connectivity index (χ2n) is 6.46. The first-order chi connectivity index (χ1) is 10.6. The number of nitrogens with one attached hydrogen (secondary N) is 1. The smallest absolute Gasteiger partial charge is 0.225 e. The van der Waals surface area contributed by atoms with E-state index in [1.165, 1.54) is 12.1 Å². The molecule has 0 aliphatic heterocycles. The van der Waals surface area contributed by atoms with E-state index < -0.39 is 0 Å². The van der Waals surface area contributed by atoms with E-state index in [2.05, 4.69) is 5.32 Å². The van der Waals surface area contributed by atoms with E-state index in [4.69, 9.17) is 10.5 Å². The van der Waals surface area contributed by atoms with E-state index in [9.17, 15) is 9.18 Å². The van der Waals surface area contributed by atoms with Gasteiger partial charge in [0.15, 0.2) is 0 Å². The molecule has 1 aromatic carbocycles. The van der Waals surface area contributed by atoms with Crippen molar-refractivity contribution in [2.45, 2.75) is 31.4 Å². The molecule has 2 aliphatic rings. The lowest BCUT2D eigenvalue weighted by Gasteiger charge is -2.27. The minimum atomic E-state index is -0.282. The van der Waals surface area contributed by atoms with Crippen molar-refractivity contribution in [2.24, 2.45) is 23.5 Å². The number of rotatable bonds is 5. The molecule has 1 amide bonds. The third kappa shape index (κ3) is 2.88. The number of benzene rings is 1. The SMILES string of the molecule is COC(CNC(=O)C1C2CCC(C2)C1N)c1ccc(F)cc1. The highest BCUT2D eigenvalue weighted by Gasteiger charge is 2.49. The number of ether oxygens (including phenoxy) is 1. The maximum absolute atomic E-state index is 13.0. The van der Waals surface area contributed by atoms with E-state index in [0.717, 1.165) is 24.8 Å². The average Bonchev–Trinajstić information content (AvgIpc) is 3.10. The average molecular weight is 306 g/mol.